The van der Waals surface area contributed by atoms with Crippen LogP contribution in [-0.2, 0) is 11.3 Å². The summed E-state index contributed by atoms with van der Waals surface area (Å²) in [5.41, 5.74) is 2.71. The van der Waals surface area contributed by atoms with Crippen molar-refractivity contribution >= 4 is 41.2 Å². The summed E-state index contributed by atoms with van der Waals surface area (Å²) in [7, 11) is 1.64. The van der Waals surface area contributed by atoms with E-state index in [1.807, 2.05) is 37.3 Å². The van der Waals surface area contributed by atoms with E-state index in [4.69, 9.17) is 16.3 Å². The summed E-state index contributed by atoms with van der Waals surface area (Å²) in [6.45, 7) is 2.71. The molecular weight excluding hydrogens is 412 g/mol. The predicted molar refractivity (Wildman–Crippen MR) is 115 cm³/mol. The number of carbonyl (C=O) groups excluding carboxylic acids is 2. The molecule has 1 atom stereocenters. The van der Waals surface area contributed by atoms with E-state index < -0.39 is 6.09 Å². The number of aryl methyl sites for hydroxylation is 1. The third-order valence-electron chi connectivity index (χ3n) is 4.31. The van der Waals surface area contributed by atoms with Gasteiger partial charge in [-0.25, -0.2) is 9.59 Å². The van der Waals surface area contributed by atoms with Gasteiger partial charge in [0, 0.05) is 23.5 Å². The van der Waals surface area contributed by atoms with Gasteiger partial charge in [0.15, 0.2) is 5.50 Å². The van der Waals surface area contributed by atoms with Gasteiger partial charge in [0.1, 0.15) is 6.61 Å². The van der Waals surface area contributed by atoms with E-state index in [2.05, 4.69) is 22.0 Å². The maximum absolute atomic E-state index is 12.1. The van der Waals surface area contributed by atoms with Crippen molar-refractivity contribution in [1.82, 2.24) is 15.5 Å². The Morgan fingerprint density at radius 3 is 2.86 bits per heavy atom. The van der Waals surface area contributed by atoms with Crippen LogP contribution in [0, 0.1) is 6.92 Å². The fraction of sp³-hybridized carbons (Fsp3) is 0.300. The predicted octanol–water partition coefficient (Wildman–Crippen LogP) is 4.02. The normalized spacial score (nSPS) is 14.5. The number of alkyl carbamates (subject to hydrolysis) is 1. The number of amides is 3. The zero-order valence-electron chi connectivity index (χ0n) is 16.2. The minimum absolute atomic E-state index is 0.0886. The van der Waals surface area contributed by atoms with Crippen LogP contribution >= 0.6 is 23.4 Å². The molecule has 1 aliphatic rings. The first kappa shape index (κ1) is 21.1. The number of likely N-dealkylation sites (N-methyl/N-ethyl adjacent to an activating group) is 1. The molecule has 0 aliphatic carbocycles. The molecule has 9 heteroatoms. The van der Waals surface area contributed by atoms with Crippen molar-refractivity contribution in [2.45, 2.75) is 23.9 Å². The van der Waals surface area contributed by atoms with Gasteiger partial charge in [0.2, 0.25) is 0 Å². The van der Waals surface area contributed by atoms with Crippen molar-refractivity contribution in [1.29, 1.82) is 0 Å². The Kier molecular flexibility index (Phi) is 7.11. The molecule has 0 spiro atoms. The fourth-order valence-corrected chi connectivity index (χ4v) is 3.99. The Bertz CT molecular complexity index is 896. The number of nitrogens with one attached hydrogen (secondary N) is 3. The minimum atomic E-state index is -0.538. The highest BCUT2D eigenvalue weighted by Gasteiger charge is 2.23. The molecule has 3 rings (SSSR count). The standard InChI is InChI=1S/C20H23ClN4O3S/c1-13-7-8-16-17(11-13)29-18(23-16)24-20(27)28-10-9-25(2)19(26)22-12-14-5-3-4-6-15(14)21/h3-8,11,18,23H,9-10,12H2,1-2H3,(H,22,26)(H,24,27). The fourth-order valence-electron chi connectivity index (χ4n) is 2.68. The number of halogens is 1. The first-order valence-corrected chi connectivity index (χ1v) is 10.4. The summed E-state index contributed by atoms with van der Waals surface area (Å²) < 4.78 is 5.18. The van der Waals surface area contributed by atoms with Gasteiger partial charge in [0.05, 0.1) is 12.2 Å². The van der Waals surface area contributed by atoms with Gasteiger partial charge in [-0.05, 0) is 36.2 Å². The number of nitrogens with zero attached hydrogens (tertiary/aromatic N) is 1. The maximum Gasteiger partial charge on any atom is 0.409 e. The quantitative estimate of drug-likeness (QED) is 0.639. The lowest BCUT2D eigenvalue weighted by atomic mass is 10.2. The number of fused-ring (bicyclic) bond motifs is 1. The number of carbonyl (C=O) groups is 2. The first-order valence-electron chi connectivity index (χ1n) is 9.12. The van der Waals surface area contributed by atoms with Gasteiger partial charge < -0.3 is 20.3 Å². The largest absolute Gasteiger partial charge is 0.448 e. The molecule has 2 aromatic carbocycles. The molecule has 1 heterocycles. The smallest absolute Gasteiger partial charge is 0.409 e. The average molecular weight is 435 g/mol. The van der Waals surface area contributed by atoms with Crippen LogP contribution in [-0.4, -0.2) is 42.7 Å². The van der Waals surface area contributed by atoms with Crippen LogP contribution < -0.4 is 16.0 Å². The monoisotopic (exact) mass is 434 g/mol. The second-order valence-electron chi connectivity index (χ2n) is 6.59. The first-order chi connectivity index (χ1) is 13.9. The van der Waals surface area contributed by atoms with Crippen LogP contribution in [0.4, 0.5) is 15.3 Å². The highest BCUT2D eigenvalue weighted by molar-refractivity contribution is 8.00. The van der Waals surface area contributed by atoms with Crippen molar-refractivity contribution in [2.24, 2.45) is 0 Å². The molecule has 0 saturated carbocycles. The van der Waals surface area contributed by atoms with E-state index in [1.165, 1.54) is 16.7 Å². The summed E-state index contributed by atoms with van der Waals surface area (Å²) in [4.78, 5) is 26.7. The summed E-state index contributed by atoms with van der Waals surface area (Å²) in [6.07, 6.45) is -0.538. The molecule has 7 nitrogen and oxygen atoms in total. The number of hydrogen-bond donors (Lipinski definition) is 3. The minimum Gasteiger partial charge on any atom is -0.448 e. The number of benzene rings is 2. The summed E-state index contributed by atoms with van der Waals surface area (Å²) in [5.74, 6) is 0. The average Bonchev–Trinajstić information content (AvgIpc) is 3.08. The lowest BCUT2D eigenvalue weighted by molar-refractivity contribution is 0.134. The zero-order chi connectivity index (χ0) is 20.8. The van der Waals surface area contributed by atoms with Gasteiger partial charge in [-0.1, -0.05) is 47.6 Å². The Morgan fingerprint density at radius 2 is 2.07 bits per heavy atom. The van der Waals surface area contributed by atoms with Crippen LogP contribution in [0.25, 0.3) is 0 Å². The van der Waals surface area contributed by atoms with Gasteiger partial charge in [0.25, 0.3) is 0 Å². The van der Waals surface area contributed by atoms with Crippen molar-refractivity contribution in [3.05, 3.63) is 58.6 Å². The number of thioether (sulfide) groups is 1. The molecule has 29 heavy (non-hydrogen) atoms. The van der Waals surface area contributed by atoms with E-state index in [0.717, 1.165) is 21.7 Å². The SMILES string of the molecule is Cc1ccc2c(c1)SC(NC(=O)OCCN(C)C(=O)NCc1ccccc1Cl)N2. The molecule has 0 aromatic heterocycles. The Balaban J connectivity index is 1.34. The molecule has 1 aliphatic heterocycles. The summed E-state index contributed by atoms with van der Waals surface area (Å²) >= 11 is 7.60. The number of hydrogen-bond acceptors (Lipinski definition) is 5. The zero-order valence-corrected chi connectivity index (χ0v) is 17.8. The van der Waals surface area contributed by atoms with E-state index in [0.29, 0.717) is 11.6 Å². The molecule has 0 saturated heterocycles. The lowest BCUT2D eigenvalue weighted by Gasteiger charge is -2.19. The van der Waals surface area contributed by atoms with E-state index in [1.54, 1.807) is 13.1 Å². The van der Waals surface area contributed by atoms with Gasteiger partial charge in [-0.3, -0.25) is 5.32 Å². The van der Waals surface area contributed by atoms with Crippen LogP contribution in [0.2, 0.25) is 5.02 Å². The van der Waals surface area contributed by atoms with Gasteiger partial charge >= 0.3 is 12.1 Å². The van der Waals surface area contributed by atoms with Crippen molar-refractivity contribution < 1.29 is 14.3 Å². The highest BCUT2D eigenvalue weighted by atomic mass is 35.5. The second kappa shape index (κ2) is 9.76. The molecule has 0 fully saturated rings. The van der Waals surface area contributed by atoms with Crippen molar-refractivity contribution in [2.75, 3.05) is 25.5 Å². The third kappa shape index (κ3) is 5.95. The number of rotatable bonds is 6. The number of ether oxygens (including phenoxy) is 1. The van der Waals surface area contributed by atoms with Crippen LogP contribution in [0.15, 0.2) is 47.4 Å². The van der Waals surface area contributed by atoms with Gasteiger partial charge in [-0.2, -0.15) is 0 Å². The summed E-state index contributed by atoms with van der Waals surface area (Å²) in [5, 5.41) is 9.36. The molecule has 0 bridgehead atoms. The topological polar surface area (TPSA) is 82.7 Å². The molecule has 2 aromatic rings. The van der Waals surface area contributed by atoms with Crippen LogP contribution in [0.3, 0.4) is 0 Å². The summed E-state index contributed by atoms with van der Waals surface area (Å²) in [6, 6.07) is 13.1. The van der Waals surface area contributed by atoms with Crippen molar-refractivity contribution in [3.63, 3.8) is 0 Å². The van der Waals surface area contributed by atoms with Crippen LogP contribution in [0.5, 0.6) is 0 Å². The number of anilines is 1. The molecule has 154 valence electrons. The van der Waals surface area contributed by atoms with Gasteiger partial charge in [-0.15, -0.1) is 0 Å². The molecule has 1 unspecified atom stereocenters. The van der Waals surface area contributed by atoms with Crippen molar-refractivity contribution in [3.8, 4) is 0 Å². The number of urea groups is 1. The van der Waals surface area contributed by atoms with Crippen LogP contribution in [0.1, 0.15) is 11.1 Å². The van der Waals surface area contributed by atoms with E-state index in [-0.39, 0.29) is 24.7 Å². The van der Waals surface area contributed by atoms with E-state index in [9.17, 15) is 9.59 Å². The molecule has 3 N–H and O–H groups in total. The lowest BCUT2D eigenvalue weighted by Crippen LogP contribution is -2.40. The Labute approximate surface area is 179 Å². The molecule has 3 amide bonds. The maximum atomic E-state index is 12.1. The highest BCUT2D eigenvalue weighted by Crippen LogP contribution is 2.37. The molecule has 0 radical (unpaired) electrons. The third-order valence-corrected chi connectivity index (χ3v) is 5.74. The Hall–Kier alpha value is -2.58. The Morgan fingerprint density at radius 1 is 1.28 bits per heavy atom. The van der Waals surface area contributed by atoms with E-state index >= 15 is 0 Å². The molecular formula is C20H23ClN4O3S. The second-order valence-corrected chi connectivity index (χ2v) is 8.15.